The first-order valence-electron chi connectivity index (χ1n) is 9.72. The molecule has 4 rings (SSSR count). The van der Waals surface area contributed by atoms with Gasteiger partial charge in [-0.1, -0.05) is 23.7 Å². The van der Waals surface area contributed by atoms with E-state index in [1.807, 2.05) is 0 Å². The van der Waals surface area contributed by atoms with Crippen LogP contribution in [0.3, 0.4) is 0 Å². The SMILES string of the molecule is O=C(Oc1ccc2c(=O)c(Oc3ccccc3Br)c(C(F)(F)F)oc2c1)c1ccc([N+](=O)[O-])cc1Cl. The number of benzene rings is 3. The van der Waals surface area contributed by atoms with Crippen molar-refractivity contribution in [2.45, 2.75) is 6.18 Å². The first-order valence-corrected chi connectivity index (χ1v) is 10.9. The van der Waals surface area contributed by atoms with Crippen LogP contribution >= 0.6 is 27.5 Å². The number of ether oxygens (including phenoxy) is 2. The second kappa shape index (κ2) is 9.63. The second-order valence-corrected chi connectivity index (χ2v) is 8.35. The Bertz CT molecular complexity index is 1590. The summed E-state index contributed by atoms with van der Waals surface area (Å²) in [5.41, 5.74) is -2.20. The smallest absolute Gasteiger partial charge is 0.448 e. The number of carbonyl (C=O) groups is 1. The summed E-state index contributed by atoms with van der Waals surface area (Å²) in [7, 11) is 0. The number of fused-ring (bicyclic) bond motifs is 1. The van der Waals surface area contributed by atoms with Crippen LogP contribution in [0.15, 0.2) is 74.3 Å². The maximum absolute atomic E-state index is 13.8. The molecule has 0 aliphatic rings. The van der Waals surface area contributed by atoms with E-state index in [9.17, 15) is 32.9 Å². The third-order valence-corrected chi connectivity index (χ3v) is 5.69. The van der Waals surface area contributed by atoms with E-state index in [2.05, 4.69) is 15.9 Å². The van der Waals surface area contributed by atoms with Crippen LogP contribution in [0.2, 0.25) is 5.02 Å². The van der Waals surface area contributed by atoms with Crippen molar-refractivity contribution in [3.8, 4) is 17.2 Å². The lowest BCUT2D eigenvalue weighted by Gasteiger charge is -2.14. The van der Waals surface area contributed by atoms with Gasteiger partial charge >= 0.3 is 12.1 Å². The molecule has 0 amide bonds. The number of para-hydroxylation sites is 1. The molecule has 0 saturated heterocycles. The lowest BCUT2D eigenvalue weighted by Crippen LogP contribution is -2.16. The lowest BCUT2D eigenvalue weighted by molar-refractivity contribution is -0.384. The standard InChI is InChI=1S/C23H10BrClF3NO7/c24-15-3-1-2-4-17(15)35-20-19(30)14-8-6-12(10-18(14)36-21(20)23(26,27)28)34-22(31)13-7-5-11(29(32)33)9-16(13)25/h1-10H. The van der Waals surface area contributed by atoms with Crippen LogP contribution in [-0.2, 0) is 6.18 Å². The third-order valence-electron chi connectivity index (χ3n) is 4.72. The molecule has 0 radical (unpaired) electrons. The Morgan fingerprint density at radius 1 is 1.08 bits per heavy atom. The Balaban J connectivity index is 1.74. The number of nitro groups is 1. The Labute approximate surface area is 212 Å². The summed E-state index contributed by atoms with van der Waals surface area (Å²) in [6.45, 7) is 0. The summed E-state index contributed by atoms with van der Waals surface area (Å²) in [6, 6.07) is 12.2. The van der Waals surface area contributed by atoms with E-state index in [0.717, 1.165) is 36.4 Å². The summed E-state index contributed by atoms with van der Waals surface area (Å²) in [5, 5.41) is 10.3. The number of alkyl halides is 3. The molecular weight excluding hydrogens is 575 g/mol. The van der Waals surface area contributed by atoms with Gasteiger partial charge in [0.25, 0.3) is 11.4 Å². The molecule has 0 bridgehead atoms. The highest BCUT2D eigenvalue weighted by Gasteiger charge is 2.40. The van der Waals surface area contributed by atoms with Gasteiger partial charge < -0.3 is 13.9 Å². The highest BCUT2D eigenvalue weighted by molar-refractivity contribution is 9.10. The quantitative estimate of drug-likeness (QED) is 0.106. The molecule has 1 aromatic heterocycles. The topological polar surface area (TPSA) is 109 Å². The van der Waals surface area contributed by atoms with E-state index >= 15 is 0 Å². The highest BCUT2D eigenvalue weighted by Crippen LogP contribution is 2.40. The van der Waals surface area contributed by atoms with E-state index in [1.54, 1.807) is 6.07 Å². The van der Waals surface area contributed by atoms with Crippen LogP contribution in [0.25, 0.3) is 11.0 Å². The Morgan fingerprint density at radius 2 is 1.81 bits per heavy atom. The first-order chi connectivity index (χ1) is 17.0. The second-order valence-electron chi connectivity index (χ2n) is 7.09. The normalized spacial score (nSPS) is 11.4. The van der Waals surface area contributed by atoms with Crippen molar-refractivity contribution in [3.05, 3.63) is 102 Å². The van der Waals surface area contributed by atoms with Crippen LogP contribution in [0, 0.1) is 10.1 Å². The molecule has 0 aliphatic carbocycles. The van der Waals surface area contributed by atoms with Gasteiger partial charge in [0.15, 0.2) is 0 Å². The van der Waals surface area contributed by atoms with E-state index < -0.39 is 39.6 Å². The van der Waals surface area contributed by atoms with Gasteiger partial charge in [-0.15, -0.1) is 0 Å². The fraction of sp³-hybridized carbons (Fsp3) is 0.0435. The fourth-order valence-corrected chi connectivity index (χ4v) is 3.70. The number of hydrogen-bond donors (Lipinski definition) is 0. The molecule has 0 spiro atoms. The average Bonchev–Trinajstić information content (AvgIpc) is 2.81. The molecule has 3 aromatic carbocycles. The van der Waals surface area contributed by atoms with Crippen molar-refractivity contribution >= 4 is 50.2 Å². The van der Waals surface area contributed by atoms with Gasteiger partial charge in [0.05, 0.1) is 25.4 Å². The minimum Gasteiger partial charge on any atom is -0.448 e. The number of nitrogens with zero attached hydrogens (tertiary/aromatic N) is 1. The minimum absolute atomic E-state index is 0.0415. The number of hydrogen-bond acceptors (Lipinski definition) is 7. The Hall–Kier alpha value is -3.90. The predicted molar refractivity (Wildman–Crippen MR) is 125 cm³/mol. The largest absolute Gasteiger partial charge is 0.453 e. The van der Waals surface area contributed by atoms with Gasteiger partial charge in [0, 0.05) is 18.2 Å². The molecule has 0 saturated carbocycles. The molecule has 36 heavy (non-hydrogen) atoms. The molecule has 1 heterocycles. The molecule has 13 heteroatoms. The first kappa shape index (κ1) is 25.2. The van der Waals surface area contributed by atoms with Gasteiger partial charge in [0.2, 0.25) is 11.2 Å². The van der Waals surface area contributed by atoms with E-state index in [1.165, 1.54) is 18.2 Å². The molecule has 184 valence electrons. The zero-order valence-electron chi connectivity index (χ0n) is 17.5. The van der Waals surface area contributed by atoms with Gasteiger partial charge in [-0.05, 0) is 46.3 Å². The summed E-state index contributed by atoms with van der Waals surface area (Å²) in [5.74, 6) is -4.10. The van der Waals surface area contributed by atoms with Crippen LogP contribution in [-0.4, -0.2) is 10.9 Å². The molecule has 0 N–H and O–H groups in total. The predicted octanol–water partition coefficient (Wildman–Crippen LogP) is 7.15. The highest BCUT2D eigenvalue weighted by atomic mass is 79.9. The van der Waals surface area contributed by atoms with E-state index in [0.29, 0.717) is 4.47 Å². The number of esters is 1. The number of halogens is 5. The zero-order valence-corrected chi connectivity index (χ0v) is 19.8. The van der Waals surface area contributed by atoms with Crippen LogP contribution < -0.4 is 14.9 Å². The Kier molecular flexibility index (Phi) is 6.74. The van der Waals surface area contributed by atoms with Crippen molar-refractivity contribution < 1.29 is 36.8 Å². The monoisotopic (exact) mass is 583 g/mol. The molecule has 0 fully saturated rings. The molecule has 8 nitrogen and oxygen atoms in total. The molecular formula is C23H10BrClF3NO7. The summed E-state index contributed by atoms with van der Waals surface area (Å²) < 4.78 is 57.0. The number of nitro benzene ring substituents is 1. The number of non-ortho nitro benzene ring substituents is 1. The van der Waals surface area contributed by atoms with Gasteiger partial charge in [0.1, 0.15) is 17.1 Å². The molecule has 0 aliphatic heterocycles. The average molecular weight is 585 g/mol. The molecule has 0 unspecified atom stereocenters. The summed E-state index contributed by atoms with van der Waals surface area (Å²) >= 11 is 9.05. The van der Waals surface area contributed by atoms with E-state index in [-0.39, 0.29) is 33.2 Å². The van der Waals surface area contributed by atoms with Crippen molar-refractivity contribution in [2.24, 2.45) is 0 Å². The summed E-state index contributed by atoms with van der Waals surface area (Å²) in [4.78, 5) is 35.5. The van der Waals surface area contributed by atoms with Gasteiger partial charge in [-0.2, -0.15) is 13.2 Å². The van der Waals surface area contributed by atoms with Crippen molar-refractivity contribution in [3.63, 3.8) is 0 Å². The van der Waals surface area contributed by atoms with Crippen molar-refractivity contribution in [1.29, 1.82) is 0 Å². The molecule has 4 aromatic rings. The van der Waals surface area contributed by atoms with Crippen LogP contribution in [0.1, 0.15) is 16.1 Å². The van der Waals surface area contributed by atoms with Crippen LogP contribution in [0.5, 0.6) is 17.2 Å². The van der Waals surface area contributed by atoms with Crippen LogP contribution in [0.4, 0.5) is 18.9 Å². The van der Waals surface area contributed by atoms with Crippen molar-refractivity contribution in [1.82, 2.24) is 0 Å². The number of carbonyl (C=O) groups excluding carboxylic acids is 1. The maximum atomic E-state index is 13.8. The van der Waals surface area contributed by atoms with Gasteiger partial charge in [-0.25, -0.2) is 4.79 Å². The maximum Gasteiger partial charge on any atom is 0.453 e. The number of rotatable bonds is 5. The van der Waals surface area contributed by atoms with Gasteiger partial charge in [-0.3, -0.25) is 14.9 Å². The zero-order chi connectivity index (χ0) is 26.2. The van der Waals surface area contributed by atoms with E-state index in [4.69, 9.17) is 25.5 Å². The molecule has 0 atom stereocenters. The van der Waals surface area contributed by atoms with Crippen molar-refractivity contribution in [2.75, 3.05) is 0 Å². The lowest BCUT2D eigenvalue weighted by atomic mass is 10.2. The Morgan fingerprint density at radius 3 is 2.44 bits per heavy atom. The minimum atomic E-state index is -5.09. The third kappa shape index (κ3) is 5.04. The summed E-state index contributed by atoms with van der Waals surface area (Å²) in [6.07, 6.45) is -5.09. The fourth-order valence-electron chi connectivity index (χ4n) is 3.08.